The molecule has 2 aromatic rings. The number of hydrogen-bond donors (Lipinski definition) is 1. The van der Waals surface area contributed by atoms with Crippen LogP contribution in [0.2, 0.25) is 0 Å². The number of carbonyl (C=O) groups is 3. The van der Waals surface area contributed by atoms with Gasteiger partial charge >= 0.3 is 0 Å². The third-order valence-electron chi connectivity index (χ3n) is 10.7. The zero-order valence-corrected chi connectivity index (χ0v) is 27.0. The lowest BCUT2D eigenvalue weighted by Crippen LogP contribution is -2.58. The maximum Gasteiger partial charge on any atom is 0.247 e. The molecule has 0 aromatic heterocycles. The fourth-order valence-corrected chi connectivity index (χ4v) is 11.0. The van der Waals surface area contributed by atoms with Crippen molar-refractivity contribution in [2.24, 2.45) is 11.8 Å². The molecule has 6 rings (SSSR count). The summed E-state index contributed by atoms with van der Waals surface area (Å²) in [7, 11) is 0. The topological polar surface area (TPSA) is 81.2 Å². The van der Waals surface area contributed by atoms with Crippen LogP contribution in [0.4, 0.5) is 5.69 Å². The van der Waals surface area contributed by atoms with E-state index in [4.69, 9.17) is 0 Å². The van der Waals surface area contributed by atoms with Gasteiger partial charge in [-0.25, -0.2) is 0 Å². The molecule has 3 aliphatic heterocycles. The number of rotatable bonds is 11. The Labute approximate surface area is 271 Å². The summed E-state index contributed by atoms with van der Waals surface area (Å²) in [5, 5.41) is 10.9. The van der Waals surface area contributed by atoms with E-state index >= 15 is 9.59 Å². The van der Waals surface area contributed by atoms with E-state index in [2.05, 4.69) is 20.1 Å². The number of anilines is 1. The molecule has 45 heavy (non-hydrogen) atoms. The molecule has 1 spiro atoms. The van der Waals surface area contributed by atoms with Gasteiger partial charge in [0.25, 0.3) is 0 Å². The lowest BCUT2D eigenvalue weighted by atomic mass is 9.66. The number of thioether (sulfide) groups is 1. The lowest BCUT2D eigenvalue weighted by Gasteiger charge is -2.42. The predicted molar refractivity (Wildman–Crippen MR) is 180 cm³/mol. The van der Waals surface area contributed by atoms with E-state index in [9.17, 15) is 9.90 Å². The van der Waals surface area contributed by atoms with E-state index in [1.807, 2.05) is 65.6 Å². The largest absolute Gasteiger partial charge is 0.394 e. The first-order valence-electron chi connectivity index (χ1n) is 16.4. The van der Waals surface area contributed by atoms with Crippen LogP contribution in [-0.4, -0.2) is 73.9 Å². The number of nitrogens with zero attached hydrogens (tertiary/aromatic N) is 3. The Morgan fingerprint density at radius 2 is 1.62 bits per heavy atom. The zero-order valence-electron chi connectivity index (χ0n) is 26.2. The van der Waals surface area contributed by atoms with E-state index in [1.54, 1.807) is 33.7 Å². The Bertz CT molecular complexity index is 1430. The highest BCUT2D eigenvalue weighted by atomic mass is 32.2. The van der Waals surface area contributed by atoms with Crippen LogP contribution < -0.4 is 4.90 Å². The van der Waals surface area contributed by atoms with Crippen molar-refractivity contribution in [3.8, 4) is 0 Å². The minimum absolute atomic E-state index is 0.0807. The highest BCUT2D eigenvalue weighted by molar-refractivity contribution is 8.02. The van der Waals surface area contributed by atoms with Crippen molar-refractivity contribution < 1.29 is 19.5 Å². The summed E-state index contributed by atoms with van der Waals surface area (Å²) in [6.07, 6.45) is 10.0. The molecule has 4 aliphatic rings. The van der Waals surface area contributed by atoms with Crippen molar-refractivity contribution in [3.05, 3.63) is 91.5 Å². The normalized spacial score (nSPS) is 29.7. The van der Waals surface area contributed by atoms with Crippen LogP contribution in [0.15, 0.2) is 86.0 Å². The number of likely N-dealkylation sites (tertiary alicyclic amines) is 1. The number of benzene rings is 2. The average Bonchev–Trinajstić information content (AvgIpc) is 3.64. The van der Waals surface area contributed by atoms with Gasteiger partial charge < -0.3 is 19.8 Å². The van der Waals surface area contributed by atoms with Crippen molar-refractivity contribution in [2.75, 3.05) is 24.6 Å². The van der Waals surface area contributed by atoms with Gasteiger partial charge in [0.1, 0.15) is 6.04 Å². The molecule has 238 valence electrons. The molecule has 1 N–H and O–H groups in total. The van der Waals surface area contributed by atoms with Gasteiger partial charge in [0.15, 0.2) is 0 Å². The van der Waals surface area contributed by atoms with Crippen LogP contribution in [-0.2, 0) is 14.4 Å². The van der Waals surface area contributed by atoms with E-state index in [1.165, 1.54) is 0 Å². The average molecular weight is 628 g/mol. The quantitative estimate of drug-likeness (QED) is 0.320. The molecule has 1 saturated carbocycles. The Hall–Kier alpha value is -3.36. The maximum atomic E-state index is 15.1. The molecular formula is C37H45N3O4S. The van der Waals surface area contributed by atoms with E-state index < -0.39 is 33.4 Å². The van der Waals surface area contributed by atoms with Crippen LogP contribution in [0.1, 0.15) is 63.5 Å². The SMILES string of the molecule is C=CCN(C(=O)[C@@H]1[C@H]2C(=O)N([C@H](CO)c3ccccc3)C(C(=O)N(CC=C)C3CCCCC3)C23CC[C@@]1(C)S3)c1ccccc1. The molecule has 6 atom stereocenters. The second-order valence-electron chi connectivity index (χ2n) is 13.2. The summed E-state index contributed by atoms with van der Waals surface area (Å²) >= 11 is 1.68. The molecule has 2 aromatic carbocycles. The first kappa shape index (κ1) is 31.6. The van der Waals surface area contributed by atoms with Gasteiger partial charge in [-0.1, -0.05) is 79.9 Å². The fraction of sp³-hybridized carbons (Fsp3) is 0.486. The third-order valence-corrected chi connectivity index (χ3v) is 12.7. The monoisotopic (exact) mass is 627 g/mol. The molecule has 3 amide bonds. The fourth-order valence-electron chi connectivity index (χ4n) is 8.72. The minimum Gasteiger partial charge on any atom is -0.394 e. The summed E-state index contributed by atoms with van der Waals surface area (Å²) in [6.45, 7) is 10.4. The molecule has 0 radical (unpaired) electrons. The van der Waals surface area contributed by atoms with Gasteiger partial charge in [-0.15, -0.1) is 24.9 Å². The van der Waals surface area contributed by atoms with Crippen LogP contribution in [0.25, 0.3) is 0 Å². The number of carbonyl (C=O) groups excluding carboxylic acids is 3. The van der Waals surface area contributed by atoms with Gasteiger partial charge in [0, 0.05) is 29.6 Å². The molecular weight excluding hydrogens is 582 g/mol. The van der Waals surface area contributed by atoms with Crippen molar-refractivity contribution in [3.63, 3.8) is 0 Å². The third kappa shape index (κ3) is 5.24. The first-order valence-corrected chi connectivity index (χ1v) is 17.2. The van der Waals surface area contributed by atoms with Crippen molar-refractivity contribution in [1.82, 2.24) is 9.80 Å². The first-order chi connectivity index (χ1) is 21.8. The number of para-hydroxylation sites is 1. The van der Waals surface area contributed by atoms with Crippen LogP contribution in [0, 0.1) is 11.8 Å². The van der Waals surface area contributed by atoms with Gasteiger partial charge in [0.2, 0.25) is 17.7 Å². The van der Waals surface area contributed by atoms with Crippen molar-refractivity contribution in [1.29, 1.82) is 0 Å². The van der Waals surface area contributed by atoms with Crippen molar-refractivity contribution >= 4 is 35.2 Å². The molecule has 1 aliphatic carbocycles. The van der Waals surface area contributed by atoms with Crippen molar-refractivity contribution in [2.45, 2.75) is 79.5 Å². The minimum atomic E-state index is -0.802. The Morgan fingerprint density at radius 3 is 2.24 bits per heavy atom. The number of hydrogen-bond acceptors (Lipinski definition) is 5. The number of aliphatic hydroxyl groups excluding tert-OH is 1. The second kappa shape index (κ2) is 12.8. The van der Waals surface area contributed by atoms with E-state index in [0.29, 0.717) is 19.5 Å². The molecule has 3 saturated heterocycles. The second-order valence-corrected chi connectivity index (χ2v) is 15.1. The number of amides is 3. The molecule has 8 heteroatoms. The summed E-state index contributed by atoms with van der Waals surface area (Å²) in [5.41, 5.74) is 1.54. The zero-order chi connectivity index (χ0) is 31.8. The van der Waals surface area contributed by atoms with Crippen LogP contribution >= 0.6 is 11.8 Å². The molecule has 3 heterocycles. The lowest BCUT2D eigenvalue weighted by molar-refractivity contribution is -0.147. The van der Waals surface area contributed by atoms with Gasteiger partial charge in [-0.3, -0.25) is 14.4 Å². The Morgan fingerprint density at radius 1 is 0.978 bits per heavy atom. The summed E-state index contributed by atoms with van der Waals surface area (Å²) < 4.78 is -1.29. The molecule has 7 nitrogen and oxygen atoms in total. The smallest absolute Gasteiger partial charge is 0.247 e. The number of fused-ring (bicyclic) bond motifs is 1. The van der Waals surface area contributed by atoms with Gasteiger partial charge in [0.05, 0.1) is 29.2 Å². The summed E-state index contributed by atoms with van der Waals surface area (Å²) in [4.78, 5) is 50.2. The van der Waals surface area contributed by atoms with Gasteiger partial charge in [-0.05, 0) is 50.3 Å². The predicted octanol–water partition coefficient (Wildman–Crippen LogP) is 5.77. The maximum absolute atomic E-state index is 15.1. The Kier molecular flexibility index (Phi) is 8.99. The van der Waals surface area contributed by atoms with Crippen LogP contribution in [0.3, 0.4) is 0 Å². The van der Waals surface area contributed by atoms with E-state index in [-0.39, 0.29) is 30.4 Å². The highest BCUT2D eigenvalue weighted by Crippen LogP contribution is 2.72. The Balaban J connectivity index is 1.47. The number of aliphatic hydroxyl groups is 1. The van der Waals surface area contributed by atoms with Crippen LogP contribution in [0.5, 0.6) is 0 Å². The standard InChI is InChI=1S/C37H45N3O4S/c1-4-23-38(27-17-11-7-12-18-27)33(42)30-31-34(43)40(29(25-41)26-15-9-6-10-16-26)32(37(31)22-21-36(30,3)45-37)35(44)39(24-5-2)28-19-13-8-14-20-28/h4-7,9-12,15-18,28-32,41H,1-2,8,13-14,19-25H2,3H3/t29-,30+,31+,32?,36-,37?/m1/s1. The molecule has 4 fully saturated rings. The van der Waals surface area contributed by atoms with Gasteiger partial charge in [-0.2, -0.15) is 0 Å². The molecule has 2 bridgehead atoms. The molecule has 2 unspecified atom stereocenters. The highest BCUT2D eigenvalue weighted by Gasteiger charge is 2.78. The van der Waals surface area contributed by atoms with E-state index in [0.717, 1.165) is 49.8 Å². The summed E-state index contributed by atoms with van der Waals surface area (Å²) in [5.74, 6) is -1.71. The summed E-state index contributed by atoms with van der Waals surface area (Å²) in [6, 6.07) is 17.6.